The largest absolute Gasteiger partial charge is 0.490 e. The van der Waals surface area contributed by atoms with Crippen LogP contribution < -0.4 is 4.74 Å². The molecule has 29 heavy (non-hydrogen) atoms. The number of amides is 1. The van der Waals surface area contributed by atoms with Crippen LogP contribution >= 0.6 is 0 Å². The van der Waals surface area contributed by atoms with E-state index < -0.39 is 0 Å². The fourth-order valence-electron chi connectivity index (χ4n) is 2.77. The van der Waals surface area contributed by atoms with E-state index in [9.17, 15) is 9.59 Å². The number of carbonyl (C=O) groups is 2. The van der Waals surface area contributed by atoms with Crippen LogP contribution in [-0.2, 0) is 6.42 Å². The lowest BCUT2D eigenvalue weighted by Gasteiger charge is -2.13. The lowest BCUT2D eigenvalue weighted by Crippen LogP contribution is -2.21. The monoisotopic (exact) mass is 391 g/mol. The second-order valence-corrected chi connectivity index (χ2v) is 7.29. The fraction of sp³-hybridized carbons (Fsp3) is 0.280. The summed E-state index contributed by atoms with van der Waals surface area (Å²) < 4.78 is 5.88. The van der Waals surface area contributed by atoms with E-state index in [0.29, 0.717) is 11.1 Å². The van der Waals surface area contributed by atoms with Crippen molar-refractivity contribution in [2.24, 2.45) is 0 Å². The molecular weight excluding hydrogens is 362 g/mol. The number of carbonyl (C=O) groups excluding carboxylic acids is 2. The normalized spacial score (nSPS) is 11.4. The summed E-state index contributed by atoms with van der Waals surface area (Å²) in [5.41, 5.74) is 3.11. The van der Waals surface area contributed by atoms with Gasteiger partial charge in [-0.05, 0) is 69.2 Å². The summed E-state index contributed by atoms with van der Waals surface area (Å²) in [5.74, 6) is 0.538. The quantitative estimate of drug-likeness (QED) is 0.353. The van der Waals surface area contributed by atoms with Gasteiger partial charge in [0.2, 0.25) is 0 Å². The number of hydrogen-bond donors (Lipinski definition) is 0. The molecule has 2 aromatic carbocycles. The summed E-state index contributed by atoms with van der Waals surface area (Å²) in [6.45, 7) is 5.94. The average molecular weight is 392 g/mol. The molecule has 0 heterocycles. The minimum atomic E-state index is -0.122. The van der Waals surface area contributed by atoms with Crippen molar-refractivity contribution >= 4 is 17.8 Å². The van der Waals surface area contributed by atoms with E-state index in [1.54, 1.807) is 50.5 Å². The minimum Gasteiger partial charge on any atom is -0.490 e. The Balaban J connectivity index is 2.24. The molecule has 0 atom stereocenters. The van der Waals surface area contributed by atoms with Gasteiger partial charge in [0.1, 0.15) is 5.75 Å². The van der Waals surface area contributed by atoms with Gasteiger partial charge in [0.25, 0.3) is 5.91 Å². The second kappa shape index (κ2) is 10.4. The Kier molecular flexibility index (Phi) is 7.96. The number of benzene rings is 2. The number of rotatable bonds is 8. The van der Waals surface area contributed by atoms with Gasteiger partial charge in [-0.15, -0.1) is 0 Å². The van der Waals surface area contributed by atoms with Crippen molar-refractivity contribution in [1.82, 2.24) is 4.90 Å². The van der Waals surface area contributed by atoms with Gasteiger partial charge in [-0.3, -0.25) is 9.59 Å². The molecule has 0 saturated heterocycles. The van der Waals surface area contributed by atoms with Gasteiger partial charge in [-0.25, -0.2) is 0 Å². The lowest BCUT2D eigenvalue weighted by molar-refractivity contribution is 0.0827. The van der Waals surface area contributed by atoms with Crippen LogP contribution in [-0.4, -0.2) is 36.8 Å². The first kappa shape index (κ1) is 22.2. The third kappa shape index (κ3) is 6.46. The maximum atomic E-state index is 12.6. The smallest absolute Gasteiger partial charge is 0.253 e. The highest BCUT2D eigenvalue weighted by Crippen LogP contribution is 2.24. The van der Waals surface area contributed by atoms with Gasteiger partial charge >= 0.3 is 0 Å². The molecule has 0 aliphatic heterocycles. The third-order valence-electron chi connectivity index (χ3n) is 4.26. The molecule has 152 valence electrons. The molecule has 2 rings (SSSR count). The Morgan fingerprint density at radius 3 is 2.28 bits per heavy atom. The minimum absolute atomic E-state index is 0.0426. The van der Waals surface area contributed by atoms with E-state index in [1.807, 2.05) is 45.0 Å². The van der Waals surface area contributed by atoms with Crippen LogP contribution in [0.25, 0.3) is 6.08 Å². The van der Waals surface area contributed by atoms with Crippen LogP contribution in [0, 0.1) is 0 Å². The molecule has 4 heteroatoms. The second-order valence-electron chi connectivity index (χ2n) is 7.29. The number of hydrogen-bond acceptors (Lipinski definition) is 3. The summed E-state index contributed by atoms with van der Waals surface area (Å²) in [5, 5.41) is 0. The summed E-state index contributed by atoms with van der Waals surface area (Å²) in [6.07, 6.45) is 8.31. The van der Waals surface area contributed by atoms with Crippen LogP contribution in [0.5, 0.6) is 5.75 Å². The van der Waals surface area contributed by atoms with Crippen molar-refractivity contribution in [2.75, 3.05) is 14.1 Å². The summed E-state index contributed by atoms with van der Waals surface area (Å²) >= 11 is 0. The Bertz CT molecular complexity index is 906. The molecule has 0 saturated carbocycles. The zero-order valence-corrected chi connectivity index (χ0v) is 17.8. The van der Waals surface area contributed by atoms with Gasteiger partial charge in [0.05, 0.1) is 6.10 Å². The third-order valence-corrected chi connectivity index (χ3v) is 4.26. The first-order valence-electron chi connectivity index (χ1n) is 9.76. The topological polar surface area (TPSA) is 46.6 Å². The summed E-state index contributed by atoms with van der Waals surface area (Å²) in [7, 11) is 3.40. The van der Waals surface area contributed by atoms with E-state index in [2.05, 4.69) is 6.08 Å². The highest BCUT2D eigenvalue weighted by atomic mass is 16.5. The molecule has 0 N–H and O–H groups in total. The Morgan fingerprint density at radius 2 is 1.69 bits per heavy atom. The molecule has 0 aromatic heterocycles. The van der Waals surface area contributed by atoms with E-state index in [4.69, 9.17) is 4.74 Å². The Hall–Kier alpha value is -3.14. The highest BCUT2D eigenvalue weighted by Gasteiger charge is 2.10. The molecule has 0 bridgehead atoms. The first-order valence-corrected chi connectivity index (χ1v) is 9.76. The van der Waals surface area contributed by atoms with E-state index in [0.717, 1.165) is 23.3 Å². The molecule has 0 radical (unpaired) electrons. The zero-order valence-electron chi connectivity index (χ0n) is 17.8. The maximum Gasteiger partial charge on any atom is 0.253 e. The first-order chi connectivity index (χ1) is 13.8. The van der Waals surface area contributed by atoms with Crippen molar-refractivity contribution < 1.29 is 14.3 Å². The van der Waals surface area contributed by atoms with E-state index >= 15 is 0 Å². The van der Waals surface area contributed by atoms with Gasteiger partial charge < -0.3 is 9.64 Å². The standard InChI is InChI=1S/C25H29NO3/c1-6-7-8-19-9-16-24(29-18(2)3)22(17-19)14-15-23(27)20-10-12-21(13-11-20)25(28)26(4)5/h6-7,9-18H,8H2,1-5H3. The van der Waals surface area contributed by atoms with Crippen LogP contribution in [0.1, 0.15) is 52.6 Å². The van der Waals surface area contributed by atoms with Gasteiger partial charge in [-0.2, -0.15) is 0 Å². The highest BCUT2D eigenvalue weighted by molar-refractivity contribution is 6.07. The van der Waals surface area contributed by atoms with Crippen LogP contribution in [0.3, 0.4) is 0 Å². The van der Waals surface area contributed by atoms with Crippen molar-refractivity contribution in [2.45, 2.75) is 33.3 Å². The van der Waals surface area contributed by atoms with Crippen molar-refractivity contribution in [3.63, 3.8) is 0 Å². The molecule has 0 fully saturated rings. The molecule has 2 aromatic rings. The van der Waals surface area contributed by atoms with Crippen molar-refractivity contribution in [1.29, 1.82) is 0 Å². The number of nitrogens with zero attached hydrogens (tertiary/aromatic N) is 1. The zero-order chi connectivity index (χ0) is 21.4. The average Bonchev–Trinajstić information content (AvgIpc) is 2.70. The maximum absolute atomic E-state index is 12.6. The predicted octanol–water partition coefficient (Wildman–Crippen LogP) is 5.19. The van der Waals surface area contributed by atoms with Crippen molar-refractivity contribution in [3.8, 4) is 5.75 Å². The number of allylic oxidation sites excluding steroid dienone is 3. The molecule has 0 aliphatic rings. The lowest BCUT2D eigenvalue weighted by atomic mass is 10.0. The van der Waals surface area contributed by atoms with E-state index in [-0.39, 0.29) is 17.8 Å². The van der Waals surface area contributed by atoms with Crippen molar-refractivity contribution in [3.05, 3.63) is 82.9 Å². The number of ether oxygens (including phenoxy) is 1. The number of ketones is 1. The van der Waals surface area contributed by atoms with Gasteiger partial charge in [0.15, 0.2) is 5.78 Å². The van der Waals surface area contributed by atoms with Gasteiger partial charge in [-0.1, -0.05) is 30.4 Å². The molecule has 4 nitrogen and oxygen atoms in total. The predicted molar refractivity (Wildman–Crippen MR) is 119 cm³/mol. The van der Waals surface area contributed by atoms with Crippen LogP contribution in [0.4, 0.5) is 0 Å². The molecule has 1 amide bonds. The molecular formula is C25H29NO3. The Morgan fingerprint density at radius 1 is 1.03 bits per heavy atom. The molecule has 0 aliphatic carbocycles. The van der Waals surface area contributed by atoms with Gasteiger partial charge in [0, 0.05) is 30.8 Å². The SMILES string of the molecule is CC=CCc1ccc(OC(C)C)c(C=CC(=O)c2ccc(C(=O)N(C)C)cc2)c1. The summed E-state index contributed by atoms with van der Waals surface area (Å²) in [6, 6.07) is 12.7. The summed E-state index contributed by atoms with van der Waals surface area (Å²) in [4.78, 5) is 26.1. The van der Waals surface area contributed by atoms with E-state index in [1.165, 1.54) is 4.90 Å². The molecule has 0 spiro atoms. The van der Waals surface area contributed by atoms with Crippen LogP contribution in [0.2, 0.25) is 0 Å². The Labute approximate surface area is 173 Å². The van der Waals surface area contributed by atoms with Crippen LogP contribution in [0.15, 0.2) is 60.7 Å². The molecule has 0 unspecified atom stereocenters. The fourth-order valence-corrected chi connectivity index (χ4v) is 2.77.